The van der Waals surface area contributed by atoms with E-state index in [9.17, 15) is 4.79 Å². The first kappa shape index (κ1) is 14.2. The van der Waals surface area contributed by atoms with Gasteiger partial charge in [-0.2, -0.15) is 5.10 Å². The molecule has 0 fully saturated rings. The molecule has 0 aliphatic rings. The Balaban J connectivity index is 2.30. The number of hydrazone groups is 1. The summed E-state index contributed by atoms with van der Waals surface area (Å²) < 4.78 is 5.30. The van der Waals surface area contributed by atoms with E-state index in [1.54, 1.807) is 12.1 Å². The summed E-state index contributed by atoms with van der Waals surface area (Å²) in [4.78, 5) is 11.5. The number of hydrogen-bond acceptors (Lipinski definition) is 3. The minimum atomic E-state index is -0.248. The van der Waals surface area contributed by atoms with E-state index in [2.05, 4.69) is 24.4 Å². The summed E-state index contributed by atoms with van der Waals surface area (Å²) in [7, 11) is 0. The zero-order valence-corrected chi connectivity index (χ0v) is 11.1. The van der Waals surface area contributed by atoms with Crippen LogP contribution in [0.3, 0.4) is 0 Å². The van der Waals surface area contributed by atoms with Gasteiger partial charge < -0.3 is 4.74 Å². The number of nitrogens with zero attached hydrogens (tertiary/aromatic N) is 1. The van der Waals surface area contributed by atoms with Crippen LogP contribution in [0.15, 0.2) is 35.4 Å². The smallest absolute Gasteiger partial charge is 0.277 e. The number of amides is 1. The lowest BCUT2D eigenvalue weighted by Gasteiger charge is -2.06. The molecule has 0 aliphatic heterocycles. The van der Waals surface area contributed by atoms with Gasteiger partial charge in [0.2, 0.25) is 0 Å². The number of hydrogen-bond donors (Lipinski definition) is 1. The molecule has 1 amide bonds. The Kier molecular flexibility index (Phi) is 5.91. The number of carbonyl (C=O) groups is 1. The summed E-state index contributed by atoms with van der Waals surface area (Å²) in [5, 5.41) is 4.01. The summed E-state index contributed by atoms with van der Waals surface area (Å²) in [6.45, 7) is 6.10. The van der Waals surface area contributed by atoms with Crippen LogP contribution in [0.2, 0.25) is 0 Å². The van der Waals surface area contributed by atoms with Crippen molar-refractivity contribution in [1.82, 2.24) is 5.43 Å². The summed E-state index contributed by atoms with van der Waals surface area (Å²) >= 11 is 0. The number of ether oxygens (including phenoxy) is 1. The Labute approximate surface area is 108 Å². The van der Waals surface area contributed by atoms with Crippen molar-refractivity contribution in [3.8, 4) is 5.75 Å². The van der Waals surface area contributed by atoms with Crippen LogP contribution >= 0.6 is 0 Å². The highest BCUT2D eigenvalue weighted by atomic mass is 16.5. The van der Waals surface area contributed by atoms with E-state index in [4.69, 9.17) is 4.74 Å². The molecule has 18 heavy (non-hydrogen) atoms. The maximum Gasteiger partial charge on any atom is 0.277 e. The monoisotopic (exact) mass is 248 g/mol. The molecule has 0 saturated heterocycles. The van der Waals surface area contributed by atoms with Crippen molar-refractivity contribution in [1.29, 1.82) is 0 Å². The number of nitrogens with one attached hydrogen (secondary N) is 1. The van der Waals surface area contributed by atoms with Crippen LogP contribution in [0, 0.1) is 5.92 Å². The molecule has 0 saturated carbocycles. The molecule has 0 unspecified atom stereocenters. The van der Waals surface area contributed by atoms with E-state index < -0.39 is 0 Å². The van der Waals surface area contributed by atoms with Crippen LogP contribution in [-0.4, -0.2) is 18.2 Å². The average Bonchev–Trinajstić information content (AvgIpc) is 2.34. The molecule has 1 aromatic carbocycles. The van der Waals surface area contributed by atoms with Gasteiger partial charge in [-0.3, -0.25) is 4.79 Å². The molecule has 0 atom stereocenters. The topological polar surface area (TPSA) is 50.7 Å². The predicted octanol–water partition coefficient (Wildman–Crippen LogP) is 2.60. The quantitative estimate of drug-likeness (QED) is 0.621. The molecule has 4 heteroatoms. The third-order valence-corrected chi connectivity index (χ3v) is 2.19. The van der Waals surface area contributed by atoms with E-state index in [0.717, 1.165) is 12.1 Å². The maximum atomic E-state index is 11.5. The first-order valence-corrected chi connectivity index (χ1v) is 6.07. The molecule has 0 aliphatic carbocycles. The highest BCUT2D eigenvalue weighted by molar-refractivity contribution is 5.84. The first-order chi connectivity index (χ1) is 8.58. The van der Waals surface area contributed by atoms with Gasteiger partial charge in [-0.1, -0.05) is 32.0 Å². The SMILES string of the molecule is C/C(CC(C)C)=N\NC(=O)COc1ccccc1. The zero-order chi connectivity index (χ0) is 13.4. The molecular weight excluding hydrogens is 228 g/mol. The standard InChI is InChI=1S/C14H20N2O2/c1-11(2)9-12(3)15-16-14(17)10-18-13-7-5-4-6-8-13/h4-8,11H,9-10H2,1-3H3,(H,16,17)/b15-12+. The van der Waals surface area contributed by atoms with Crippen molar-refractivity contribution in [2.45, 2.75) is 27.2 Å². The predicted molar refractivity (Wildman–Crippen MR) is 72.6 cm³/mol. The van der Waals surface area contributed by atoms with Gasteiger partial charge in [0, 0.05) is 5.71 Å². The highest BCUT2D eigenvalue weighted by Crippen LogP contribution is 2.07. The number of para-hydroxylation sites is 1. The van der Waals surface area contributed by atoms with Gasteiger partial charge in [0.05, 0.1) is 0 Å². The van der Waals surface area contributed by atoms with Crippen molar-refractivity contribution in [3.63, 3.8) is 0 Å². The molecule has 1 rings (SSSR count). The van der Waals surface area contributed by atoms with Gasteiger partial charge in [-0.25, -0.2) is 5.43 Å². The lowest BCUT2D eigenvalue weighted by molar-refractivity contribution is -0.123. The largest absolute Gasteiger partial charge is 0.484 e. The van der Waals surface area contributed by atoms with Gasteiger partial charge in [-0.05, 0) is 31.4 Å². The third kappa shape index (κ3) is 6.03. The van der Waals surface area contributed by atoms with E-state index >= 15 is 0 Å². The molecule has 4 nitrogen and oxygen atoms in total. The summed E-state index contributed by atoms with van der Waals surface area (Å²) in [5.41, 5.74) is 3.40. The van der Waals surface area contributed by atoms with Crippen LogP contribution in [0.1, 0.15) is 27.2 Å². The molecule has 0 aromatic heterocycles. The molecular formula is C14H20N2O2. The summed E-state index contributed by atoms with van der Waals surface area (Å²) in [6.07, 6.45) is 0.875. The Morgan fingerprint density at radius 3 is 2.61 bits per heavy atom. The van der Waals surface area contributed by atoms with Gasteiger partial charge >= 0.3 is 0 Å². The lowest BCUT2D eigenvalue weighted by atomic mass is 10.1. The van der Waals surface area contributed by atoms with Gasteiger partial charge in [0.25, 0.3) is 5.91 Å². The minimum Gasteiger partial charge on any atom is -0.484 e. The third-order valence-electron chi connectivity index (χ3n) is 2.19. The Morgan fingerprint density at radius 2 is 2.00 bits per heavy atom. The van der Waals surface area contributed by atoms with Gasteiger partial charge in [0.15, 0.2) is 6.61 Å². The minimum absolute atomic E-state index is 0.0253. The fourth-order valence-corrected chi connectivity index (χ4v) is 1.49. The molecule has 0 heterocycles. The Morgan fingerprint density at radius 1 is 1.33 bits per heavy atom. The van der Waals surface area contributed by atoms with Crippen LogP contribution in [0.25, 0.3) is 0 Å². The first-order valence-electron chi connectivity index (χ1n) is 6.07. The van der Waals surface area contributed by atoms with Crippen LogP contribution < -0.4 is 10.2 Å². The normalized spacial score (nSPS) is 11.4. The molecule has 98 valence electrons. The van der Waals surface area contributed by atoms with E-state index in [-0.39, 0.29) is 12.5 Å². The average molecular weight is 248 g/mol. The lowest BCUT2D eigenvalue weighted by Crippen LogP contribution is -2.25. The molecule has 0 radical (unpaired) electrons. The fourth-order valence-electron chi connectivity index (χ4n) is 1.49. The Bertz CT molecular complexity index is 400. The molecule has 1 aromatic rings. The second kappa shape index (κ2) is 7.48. The van der Waals surface area contributed by atoms with Crippen LogP contribution in [-0.2, 0) is 4.79 Å². The molecule has 0 bridgehead atoms. The van der Waals surface area contributed by atoms with Crippen molar-refractivity contribution in [2.24, 2.45) is 11.0 Å². The molecule has 1 N–H and O–H groups in total. The fraction of sp³-hybridized carbons (Fsp3) is 0.429. The summed E-state index contributed by atoms with van der Waals surface area (Å²) in [5.74, 6) is 0.962. The van der Waals surface area contributed by atoms with Crippen LogP contribution in [0.4, 0.5) is 0 Å². The summed E-state index contributed by atoms with van der Waals surface area (Å²) in [6, 6.07) is 9.23. The second-order valence-corrected chi connectivity index (χ2v) is 4.58. The van der Waals surface area contributed by atoms with E-state index in [1.807, 2.05) is 25.1 Å². The Hall–Kier alpha value is -1.84. The van der Waals surface area contributed by atoms with Crippen molar-refractivity contribution >= 4 is 11.6 Å². The van der Waals surface area contributed by atoms with Crippen molar-refractivity contribution in [2.75, 3.05) is 6.61 Å². The second-order valence-electron chi connectivity index (χ2n) is 4.58. The van der Waals surface area contributed by atoms with Gasteiger partial charge in [0.1, 0.15) is 5.75 Å². The van der Waals surface area contributed by atoms with Crippen molar-refractivity contribution < 1.29 is 9.53 Å². The number of benzene rings is 1. The van der Waals surface area contributed by atoms with Crippen molar-refractivity contribution in [3.05, 3.63) is 30.3 Å². The van der Waals surface area contributed by atoms with E-state index in [1.165, 1.54) is 0 Å². The highest BCUT2D eigenvalue weighted by Gasteiger charge is 2.02. The van der Waals surface area contributed by atoms with Gasteiger partial charge in [-0.15, -0.1) is 0 Å². The van der Waals surface area contributed by atoms with Crippen LogP contribution in [0.5, 0.6) is 5.75 Å². The molecule has 0 spiro atoms. The number of carbonyl (C=O) groups excluding carboxylic acids is 1. The maximum absolute atomic E-state index is 11.5. The number of rotatable bonds is 6. The van der Waals surface area contributed by atoms with E-state index in [0.29, 0.717) is 11.7 Å². The zero-order valence-electron chi connectivity index (χ0n) is 11.1.